The van der Waals surface area contributed by atoms with Gasteiger partial charge in [0.15, 0.2) is 5.17 Å². The Hall–Kier alpha value is -1.93. The van der Waals surface area contributed by atoms with Gasteiger partial charge < -0.3 is 0 Å². The van der Waals surface area contributed by atoms with Crippen molar-refractivity contribution in [2.24, 2.45) is 4.99 Å². The number of nitro benzene ring substituents is 1. The van der Waals surface area contributed by atoms with Crippen molar-refractivity contribution >= 4 is 34.2 Å². The van der Waals surface area contributed by atoms with Gasteiger partial charge in [-0.25, -0.2) is 4.99 Å². The van der Waals surface area contributed by atoms with E-state index in [9.17, 15) is 14.9 Å². The molecule has 8 heteroatoms. The number of carbonyl (C=O) groups is 1. The third-order valence-corrected chi connectivity index (χ3v) is 4.90. The molecule has 2 aliphatic rings. The fourth-order valence-electron chi connectivity index (χ4n) is 2.72. The lowest BCUT2D eigenvalue weighted by Crippen LogP contribution is -2.33. The molecule has 2 fully saturated rings. The Labute approximate surface area is 138 Å². The van der Waals surface area contributed by atoms with E-state index in [0.717, 1.165) is 13.1 Å². The number of amidine groups is 1. The Morgan fingerprint density at radius 1 is 1.17 bits per heavy atom. The number of hydrogen-bond donors (Lipinski definition) is 0. The number of hydrogen-bond acceptors (Lipinski definition) is 6. The van der Waals surface area contributed by atoms with E-state index in [4.69, 9.17) is 0 Å². The number of rotatable bonds is 4. The van der Waals surface area contributed by atoms with Gasteiger partial charge in [0, 0.05) is 12.1 Å². The van der Waals surface area contributed by atoms with Gasteiger partial charge in [-0.1, -0.05) is 18.2 Å². The van der Waals surface area contributed by atoms with Crippen LogP contribution in [0.2, 0.25) is 0 Å². The highest BCUT2D eigenvalue weighted by Crippen LogP contribution is 2.28. The molecule has 0 saturated carbocycles. The first-order valence-corrected chi connectivity index (χ1v) is 8.61. The molecule has 0 radical (unpaired) electrons. The van der Waals surface area contributed by atoms with Crippen LogP contribution in [0.25, 0.3) is 0 Å². The zero-order valence-corrected chi connectivity index (χ0v) is 13.5. The van der Waals surface area contributed by atoms with Gasteiger partial charge in [-0.15, -0.1) is 0 Å². The molecule has 3 rings (SSSR count). The van der Waals surface area contributed by atoms with Gasteiger partial charge in [-0.05, 0) is 38.1 Å². The van der Waals surface area contributed by atoms with Crippen molar-refractivity contribution in [1.82, 2.24) is 4.90 Å². The maximum absolute atomic E-state index is 12.1. The largest absolute Gasteiger partial charge is 0.284 e. The van der Waals surface area contributed by atoms with Crippen LogP contribution in [0.1, 0.15) is 19.3 Å². The third kappa shape index (κ3) is 3.70. The van der Waals surface area contributed by atoms with E-state index in [1.165, 1.54) is 43.2 Å². The Morgan fingerprint density at radius 2 is 1.87 bits per heavy atom. The Kier molecular flexibility index (Phi) is 4.92. The Balaban J connectivity index is 1.74. The van der Waals surface area contributed by atoms with Gasteiger partial charge in [-0.3, -0.25) is 24.7 Å². The molecule has 2 saturated heterocycles. The second-order valence-electron chi connectivity index (χ2n) is 5.55. The van der Waals surface area contributed by atoms with Crippen LogP contribution in [0.4, 0.5) is 11.4 Å². The molecule has 1 aromatic carbocycles. The van der Waals surface area contributed by atoms with Crippen LogP contribution in [-0.2, 0) is 4.79 Å². The molecule has 2 aliphatic heterocycles. The van der Waals surface area contributed by atoms with E-state index in [2.05, 4.69) is 9.89 Å². The summed E-state index contributed by atoms with van der Waals surface area (Å²) in [4.78, 5) is 30.8. The number of amides is 1. The zero-order chi connectivity index (χ0) is 16.2. The van der Waals surface area contributed by atoms with E-state index in [-0.39, 0.29) is 11.6 Å². The van der Waals surface area contributed by atoms with E-state index in [0.29, 0.717) is 23.3 Å². The van der Waals surface area contributed by atoms with Gasteiger partial charge in [-0.2, -0.15) is 0 Å². The number of benzene rings is 1. The van der Waals surface area contributed by atoms with Crippen LogP contribution in [0.15, 0.2) is 29.3 Å². The van der Waals surface area contributed by atoms with Gasteiger partial charge in [0.25, 0.3) is 5.69 Å². The second-order valence-corrected chi connectivity index (χ2v) is 6.49. The number of likely N-dealkylation sites (tertiary alicyclic amines) is 1. The summed E-state index contributed by atoms with van der Waals surface area (Å²) in [5, 5.41) is 11.4. The zero-order valence-electron chi connectivity index (χ0n) is 12.7. The lowest BCUT2D eigenvalue weighted by molar-refractivity contribution is -0.384. The molecule has 1 amide bonds. The first-order valence-electron chi connectivity index (χ1n) is 7.62. The number of piperidine rings is 1. The maximum atomic E-state index is 12.1. The highest BCUT2D eigenvalue weighted by molar-refractivity contribution is 8.15. The molecule has 0 aliphatic carbocycles. The number of aliphatic imine (C=N–C) groups is 1. The summed E-state index contributed by atoms with van der Waals surface area (Å²) >= 11 is 1.42. The summed E-state index contributed by atoms with van der Waals surface area (Å²) in [6.45, 7) is 2.69. The van der Waals surface area contributed by atoms with Crippen molar-refractivity contribution in [3.8, 4) is 0 Å². The third-order valence-electron chi connectivity index (χ3n) is 3.94. The van der Waals surface area contributed by atoms with Crippen LogP contribution in [0, 0.1) is 10.1 Å². The van der Waals surface area contributed by atoms with Gasteiger partial charge in [0.05, 0.1) is 23.0 Å². The molecule has 0 N–H and O–H groups in total. The monoisotopic (exact) mass is 334 g/mol. The molecule has 0 unspecified atom stereocenters. The highest BCUT2D eigenvalue weighted by Gasteiger charge is 2.30. The van der Waals surface area contributed by atoms with Crippen LogP contribution in [-0.4, -0.2) is 46.4 Å². The highest BCUT2D eigenvalue weighted by atomic mass is 32.2. The van der Waals surface area contributed by atoms with E-state index >= 15 is 0 Å². The van der Waals surface area contributed by atoms with Crippen LogP contribution < -0.4 is 4.90 Å². The predicted octanol–water partition coefficient (Wildman–Crippen LogP) is 2.47. The van der Waals surface area contributed by atoms with Crippen LogP contribution in [0.5, 0.6) is 0 Å². The molecule has 122 valence electrons. The van der Waals surface area contributed by atoms with Crippen LogP contribution >= 0.6 is 11.8 Å². The van der Waals surface area contributed by atoms with Crippen molar-refractivity contribution in [2.45, 2.75) is 19.3 Å². The average Bonchev–Trinajstić information content (AvgIpc) is 2.95. The normalized spacial score (nSPS) is 21.1. The Bertz CT molecular complexity index is 626. The molecule has 2 heterocycles. The summed E-state index contributed by atoms with van der Waals surface area (Å²) in [5.74, 6) is 0.316. The molecule has 0 bridgehead atoms. The van der Waals surface area contributed by atoms with E-state index < -0.39 is 4.92 Å². The number of thioether (sulfide) groups is 1. The predicted molar refractivity (Wildman–Crippen MR) is 90.8 cm³/mol. The maximum Gasteiger partial charge on any atom is 0.269 e. The number of nitro groups is 1. The first kappa shape index (κ1) is 15.9. The smallest absolute Gasteiger partial charge is 0.269 e. The van der Waals surface area contributed by atoms with Crippen molar-refractivity contribution in [1.29, 1.82) is 0 Å². The summed E-state index contributed by atoms with van der Waals surface area (Å²) in [7, 11) is 0. The topological polar surface area (TPSA) is 79.0 Å². The van der Waals surface area contributed by atoms with Crippen molar-refractivity contribution in [3.63, 3.8) is 0 Å². The molecule has 0 aromatic heterocycles. The Morgan fingerprint density at radius 3 is 2.52 bits per heavy atom. The molecular weight excluding hydrogens is 316 g/mol. The number of nitrogens with zero attached hydrogens (tertiary/aromatic N) is 4. The number of anilines is 1. The van der Waals surface area contributed by atoms with Gasteiger partial charge in [0.1, 0.15) is 0 Å². The van der Waals surface area contributed by atoms with E-state index in [1.54, 1.807) is 17.0 Å². The number of carbonyl (C=O) groups excluding carboxylic acids is 1. The summed E-state index contributed by atoms with van der Waals surface area (Å²) in [6.07, 6.45) is 3.67. The molecule has 0 spiro atoms. The standard InChI is InChI=1S/C15H18N4O3S/c20-14-10-23-15(16-11-17-8-2-1-3-9-17)18(14)12-4-6-13(7-5-12)19(21)22/h4-7H,1-3,8-11H2. The second kappa shape index (κ2) is 7.10. The minimum Gasteiger partial charge on any atom is -0.284 e. The minimum absolute atomic E-state index is 0.0138. The minimum atomic E-state index is -0.449. The fourth-order valence-corrected chi connectivity index (χ4v) is 3.58. The molecule has 1 aromatic rings. The summed E-state index contributed by atoms with van der Waals surface area (Å²) in [5.41, 5.74) is 0.642. The van der Waals surface area contributed by atoms with Gasteiger partial charge in [0.2, 0.25) is 5.91 Å². The lowest BCUT2D eigenvalue weighted by atomic mass is 10.1. The molecular formula is C15H18N4O3S. The number of non-ortho nitro benzene ring substituents is 1. The quantitative estimate of drug-likeness (QED) is 0.624. The molecule has 7 nitrogen and oxygen atoms in total. The lowest BCUT2D eigenvalue weighted by Gasteiger charge is -2.25. The summed E-state index contributed by atoms with van der Waals surface area (Å²) in [6, 6.07) is 6.01. The van der Waals surface area contributed by atoms with E-state index in [1.807, 2.05) is 0 Å². The van der Waals surface area contributed by atoms with Gasteiger partial charge >= 0.3 is 0 Å². The fraction of sp³-hybridized carbons (Fsp3) is 0.467. The molecule has 23 heavy (non-hydrogen) atoms. The SMILES string of the molecule is O=C1CSC(=NCN2CCCCC2)N1c1ccc([N+](=O)[O-])cc1. The van der Waals surface area contributed by atoms with Crippen LogP contribution in [0.3, 0.4) is 0 Å². The average molecular weight is 334 g/mol. The molecule has 0 atom stereocenters. The first-order chi connectivity index (χ1) is 11.1. The van der Waals surface area contributed by atoms with Crippen molar-refractivity contribution in [2.75, 3.05) is 30.4 Å². The van der Waals surface area contributed by atoms with Crippen molar-refractivity contribution in [3.05, 3.63) is 34.4 Å². The van der Waals surface area contributed by atoms with Crippen molar-refractivity contribution < 1.29 is 9.72 Å². The summed E-state index contributed by atoms with van der Waals surface area (Å²) < 4.78 is 0.